The molecule has 3 rings (SSSR count). The molecule has 23 heavy (non-hydrogen) atoms. The van der Waals surface area contributed by atoms with E-state index in [2.05, 4.69) is 17.5 Å². The number of halogens is 1. The molecule has 2 nitrogen and oxygen atoms in total. The average Bonchev–Trinajstić information content (AvgIpc) is 2.55. The van der Waals surface area contributed by atoms with E-state index in [1.54, 1.807) is 6.92 Å². The smallest absolute Gasteiger partial charge is 0.217 e. The molecule has 0 saturated carbocycles. The molecule has 3 heteroatoms. The molecule has 1 aliphatic carbocycles. The van der Waals surface area contributed by atoms with Crippen molar-refractivity contribution < 1.29 is 4.79 Å². The second-order valence-corrected chi connectivity index (χ2v) is 6.11. The van der Waals surface area contributed by atoms with Crippen molar-refractivity contribution in [2.24, 2.45) is 0 Å². The van der Waals surface area contributed by atoms with Gasteiger partial charge in [-0.2, -0.15) is 0 Å². The number of nitrogens with one attached hydrogen (secondary N) is 1. The quantitative estimate of drug-likeness (QED) is 0.870. The second-order valence-electron chi connectivity index (χ2n) is 5.68. The molecule has 2 aromatic carbocycles. The van der Waals surface area contributed by atoms with E-state index in [1.807, 2.05) is 60.7 Å². The Bertz CT molecular complexity index is 779. The van der Waals surface area contributed by atoms with Crippen molar-refractivity contribution in [3.8, 4) is 0 Å². The molecule has 0 aromatic heterocycles. The highest BCUT2D eigenvalue weighted by Gasteiger charge is 2.37. The zero-order valence-corrected chi connectivity index (χ0v) is 13.7. The Balaban J connectivity index is 2.19. The number of rotatable bonds is 3. The van der Waals surface area contributed by atoms with E-state index in [0.717, 1.165) is 16.7 Å². The summed E-state index contributed by atoms with van der Waals surface area (Å²) >= 11 is 6.18. The topological polar surface area (TPSA) is 29.1 Å². The largest absolute Gasteiger partial charge is 0.342 e. The lowest BCUT2D eigenvalue weighted by atomic mass is 9.74. The van der Waals surface area contributed by atoms with Gasteiger partial charge < -0.3 is 5.32 Å². The minimum atomic E-state index is -0.577. The maximum Gasteiger partial charge on any atom is 0.217 e. The third-order valence-electron chi connectivity index (χ3n) is 4.07. The molecule has 116 valence electrons. The predicted molar refractivity (Wildman–Crippen MR) is 95.1 cm³/mol. The molecule has 0 spiro atoms. The fraction of sp³-hybridized carbons (Fsp3) is 0.150. The lowest BCUT2D eigenvalue weighted by molar-refractivity contribution is -0.120. The van der Waals surface area contributed by atoms with Crippen molar-refractivity contribution in [1.29, 1.82) is 0 Å². The molecule has 1 N–H and O–H groups in total. The molecular weight excluding hydrogens is 306 g/mol. The molecule has 0 saturated heterocycles. The second kappa shape index (κ2) is 6.43. The maximum atomic E-state index is 11.9. The first-order chi connectivity index (χ1) is 11.1. The molecule has 0 bridgehead atoms. The standard InChI is InChI=1S/C20H18ClNO/c1-15(23)22-20(17-9-3-2-4-10-17)13-6-5-12-19(20)16-8-7-11-18(21)14-16/h2-12,14H,13H2,1H3,(H,22,23). The number of carbonyl (C=O) groups excluding carboxylic acids is 1. The van der Waals surface area contributed by atoms with E-state index >= 15 is 0 Å². The third kappa shape index (κ3) is 3.08. The van der Waals surface area contributed by atoms with Crippen LogP contribution < -0.4 is 5.32 Å². The number of benzene rings is 2. The summed E-state index contributed by atoms with van der Waals surface area (Å²) in [5, 5.41) is 3.86. The number of hydrogen-bond acceptors (Lipinski definition) is 1. The van der Waals surface area contributed by atoms with Crippen LogP contribution in [-0.2, 0) is 10.3 Å². The molecular formula is C20H18ClNO. The fourth-order valence-electron chi connectivity index (χ4n) is 3.15. The Morgan fingerprint density at radius 1 is 1.13 bits per heavy atom. The fourth-order valence-corrected chi connectivity index (χ4v) is 3.34. The van der Waals surface area contributed by atoms with Crippen LogP contribution in [0, 0.1) is 0 Å². The Morgan fingerprint density at radius 3 is 2.61 bits per heavy atom. The van der Waals surface area contributed by atoms with E-state index in [9.17, 15) is 4.79 Å². The minimum Gasteiger partial charge on any atom is -0.342 e. The van der Waals surface area contributed by atoms with Crippen LogP contribution in [0.25, 0.3) is 5.57 Å². The van der Waals surface area contributed by atoms with E-state index in [4.69, 9.17) is 11.6 Å². The molecule has 1 aliphatic rings. The normalized spacial score (nSPS) is 20.0. The summed E-state index contributed by atoms with van der Waals surface area (Å²) in [6, 6.07) is 17.8. The molecule has 0 fully saturated rings. The van der Waals surface area contributed by atoms with Gasteiger partial charge in [0.1, 0.15) is 0 Å². The van der Waals surface area contributed by atoms with Crippen molar-refractivity contribution in [1.82, 2.24) is 5.32 Å². The Kier molecular flexibility index (Phi) is 4.35. The average molecular weight is 324 g/mol. The van der Waals surface area contributed by atoms with Crippen molar-refractivity contribution in [2.45, 2.75) is 18.9 Å². The number of hydrogen-bond donors (Lipinski definition) is 1. The zero-order valence-electron chi connectivity index (χ0n) is 12.9. The zero-order chi connectivity index (χ0) is 16.3. The van der Waals surface area contributed by atoms with E-state index in [1.165, 1.54) is 0 Å². The predicted octanol–water partition coefficient (Wildman–Crippen LogP) is 4.71. The first-order valence-corrected chi connectivity index (χ1v) is 7.97. The summed E-state index contributed by atoms with van der Waals surface area (Å²) in [4.78, 5) is 11.9. The van der Waals surface area contributed by atoms with Crippen molar-refractivity contribution in [2.75, 3.05) is 0 Å². The lowest BCUT2D eigenvalue weighted by Crippen LogP contribution is -2.46. The van der Waals surface area contributed by atoms with Gasteiger partial charge in [0.05, 0.1) is 5.54 Å². The highest BCUT2D eigenvalue weighted by atomic mass is 35.5. The molecule has 0 heterocycles. The molecule has 2 aromatic rings. The van der Waals surface area contributed by atoms with Crippen LogP contribution in [0.5, 0.6) is 0 Å². The summed E-state index contributed by atoms with van der Waals surface area (Å²) in [5.41, 5.74) is 2.54. The first-order valence-electron chi connectivity index (χ1n) is 7.59. The summed E-state index contributed by atoms with van der Waals surface area (Å²) < 4.78 is 0. The van der Waals surface area contributed by atoms with Gasteiger partial charge in [0, 0.05) is 11.9 Å². The van der Waals surface area contributed by atoms with Crippen LogP contribution >= 0.6 is 11.6 Å². The number of carbonyl (C=O) groups is 1. The van der Waals surface area contributed by atoms with Crippen LogP contribution in [0.2, 0.25) is 5.02 Å². The van der Waals surface area contributed by atoms with Gasteiger partial charge in [-0.25, -0.2) is 0 Å². The lowest BCUT2D eigenvalue weighted by Gasteiger charge is -2.38. The van der Waals surface area contributed by atoms with E-state index in [0.29, 0.717) is 11.4 Å². The van der Waals surface area contributed by atoms with Gasteiger partial charge in [0.2, 0.25) is 5.91 Å². The van der Waals surface area contributed by atoms with Gasteiger partial charge in [0.15, 0.2) is 0 Å². The summed E-state index contributed by atoms with van der Waals surface area (Å²) in [6.07, 6.45) is 6.86. The van der Waals surface area contributed by atoms with Crippen molar-refractivity contribution in [3.05, 3.63) is 89.0 Å². The number of allylic oxidation sites excluding steroid dienone is 2. The van der Waals surface area contributed by atoms with Gasteiger partial charge in [-0.3, -0.25) is 4.79 Å². The van der Waals surface area contributed by atoms with E-state index in [-0.39, 0.29) is 5.91 Å². The van der Waals surface area contributed by atoms with Gasteiger partial charge in [0.25, 0.3) is 0 Å². The van der Waals surface area contributed by atoms with Crippen LogP contribution in [-0.4, -0.2) is 5.91 Å². The van der Waals surface area contributed by atoms with Crippen LogP contribution in [0.15, 0.2) is 72.8 Å². The van der Waals surface area contributed by atoms with Crippen LogP contribution in [0.4, 0.5) is 0 Å². The van der Waals surface area contributed by atoms with Crippen LogP contribution in [0.1, 0.15) is 24.5 Å². The minimum absolute atomic E-state index is 0.0583. The summed E-state index contributed by atoms with van der Waals surface area (Å²) in [6.45, 7) is 1.55. The molecule has 1 unspecified atom stereocenters. The maximum absolute atomic E-state index is 11.9. The molecule has 0 aliphatic heterocycles. The van der Waals surface area contributed by atoms with Crippen molar-refractivity contribution in [3.63, 3.8) is 0 Å². The third-order valence-corrected chi connectivity index (χ3v) is 4.31. The summed E-state index contributed by atoms with van der Waals surface area (Å²) in [7, 11) is 0. The van der Waals surface area contributed by atoms with Gasteiger partial charge in [-0.05, 0) is 35.3 Å². The van der Waals surface area contributed by atoms with E-state index < -0.39 is 5.54 Å². The number of amides is 1. The molecule has 1 atom stereocenters. The van der Waals surface area contributed by atoms with Crippen molar-refractivity contribution >= 4 is 23.1 Å². The highest BCUT2D eigenvalue weighted by Crippen LogP contribution is 2.42. The Hall–Kier alpha value is -2.32. The van der Waals surface area contributed by atoms with Gasteiger partial charge >= 0.3 is 0 Å². The SMILES string of the molecule is CC(=O)NC1(c2ccccc2)CC=CC=C1c1cccc(Cl)c1. The highest BCUT2D eigenvalue weighted by molar-refractivity contribution is 6.30. The van der Waals surface area contributed by atoms with Crippen LogP contribution in [0.3, 0.4) is 0 Å². The monoisotopic (exact) mass is 323 g/mol. The summed E-state index contributed by atoms with van der Waals surface area (Å²) in [5.74, 6) is -0.0583. The Labute approximate surface area is 141 Å². The van der Waals surface area contributed by atoms with Gasteiger partial charge in [-0.1, -0.05) is 72.3 Å². The first kappa shape index (κ1) is 15.6. The molecule has 0 radical (unpaired) electrons. The Morgan fingerprint density at radius 2 is 1.91 bits per heavy atom. The van der Waals surface area contributed by atoms with Gasteiger partial charge in [-0.15, -0.1) is 0 Å². The molecule has 1 amide bonds.